The number of carbonyl (C=O) groups is 2. The molecule has 1 saturated heterocycles. The van der Waals surface area contributed by atoms with Gasteiger partial charge in [0.2, 0.25) is 0 Å². The van der Waals surface area contributed by atoms with Crippen molar-refractivity contribution in [3.05, 3.63) is 76.3 Å². The second-order valence-corrected chi connectivity index (χ2v) is 9.37. The number of carbonyl (C=O) groups excluding carboxylic acids is 2. The molecule has 1 aliphatic rings. The predicted molar refractivity (Wildman–Crippen MR) is 143 cm³/mol. The van der Waals surface area contributed by atoms with Crippen molar-refractivity contribution in [2.75, 3.05) is 37.8 Å². The Morgan fingerprint density at radius 1 is 1.06 bits per heavy atom. The summed E-state index contributed by atoms with van der Waals surface area (Å²) in [6, 6.07) is 16.9. The second-order valence-electron chi connectivity index (χ2n) is 7.98. The minimum Gasteiger partial charge on any atom is -0.493 e. The molecule has 1 aliphatic heterocycles. The lowest BCUT2D eigenvalue weighted by Crippen LogP contribution is -2.48. The van der Waals surface area contributed by atoms with Crippen LogP contribution in [0.5, 0.6) is 5.75 Å². The Morgan fingerprint density at radius 2 is 1.78 bits per heavy atom. The number of ether oxygens (including phenoxy) is 2. The topological polar surface area (TPSA) is 105 Å². The lowest BCUT2D eigenvalue weighted by molar-refractivity contribution is 0.0937. The fraction of sp³-hybridized carbons (Fsp3) is 0.280. The van der Waals surface area contributed by atoms with Crippen molar-refractivity contribution in [1.82, 2.24) is 21.2 Å². The summed E-state index contributed by atoms with van der Waals surface area (Å²) in [6.07, 6.45) is 0.796. The number of morpholine rings is 1. The molecule has 9 nitrogen and oxygen atoms in total. The molecule has 0 unspecified atom stereocenters. The van der Waals surface area contributed by atoms with Gasteiger partial charge in [-0.15, -0.1) is 0 Å². The summed E-state index contributed by atoms with van der Waals surface area (Å²) in [6.45, 7) is 5.08. The number of benzene rings is 2. The molecule has 2 aromatic carbocycles. The Kier molecular flexibility index (Phi) is 8.82. The summed E-state index contributed by atoms with van der Waals surface area (Å²) in [4.78, 5) is 32.2. The van der Waals surface area contributed by atoms with Crippen LogP contribution in [0.3, 0.4) is 0 Å². The van der Waals surface area contributed by atoms with E-state index in [1.54, 1.807) is 31.2 Å². The Hall–Kier alpha value is -3.54. The minimum absolute atomic E-state index is 0.0212. The summed E-state index contributed by atoms with van der Waals surface area (Å²) in [5.41, 5.74) is 7.33. The number of thiazole rings is 1. The number of hydrogen-bond acceptors (Lipinski definition) is 8. The normalized spacial score (nSPS) is 13.1. The fourth-order valence-electron chi connectivity index (χ4n) is 3.49. The highest BCUT2D eigenvalue weighted by Gasteiger charge is 2.20. The fourth-order valence-corrected chi connectivity index (χ4v) is 4.65. The molecule has 0 radical (unpaired) electrons. The molecule has 0 aliphatic carbocycles. The van der Waals surface area contributed by atoms with Crippen molar-refractivity contribution in [2.45, 2.75) is 13.3 Å². The number of hydrazine groups is 1. The van der Waals surface area contributed by atoms with Crippen LogP contribution in [0.2, 0.25) is 0 Å². The van der Waals surface area contributed by atoms with Crippen molar-refractivity contribution < 1.29 is 19.1 Å². The van der Waals surface area contributed by atoms with Gasteiger partial charge in [-0.1, -0.05) is 41.7 Å². The second kappa shape index (κ2) is 12.4. The summed E-state index contributed by atoms with van der Waals surface area (Å²) in [5, 5.41) is 3.31. The van der Waals surface area contributed by atoms with Crippen molar-refractivity contribution in [1.29, 1.82) is 0 Å². The summed E-state index contributed by atoms with van der Waals surface area (Å²) in [5.74, 6) is -0.105. The zero-order chi connectivity index (χ0) is 25.3. The van der Waals surface area contributed by atoms with E-state index in [0.29, 0.717) is 41.7 Å². The first kappa shape index (κ1) is 25.5. The van der Waals surface area contributed by atoms with Gasteiger partial charge in [0.1, 0.15) is 10.6 Å². The van der Waals surface area contributed by atoms with E-state index in [1.807, 2.05) is 18.2 Å². The lowest BCUT2D eigenvalue weighted by Gasteiger charge is -2.25. The number of anilines is 1. The molecular formula is C25H27N5O4S2. The van der Waals surface area contributed by atoms with Crippen LogP contribution in [0, 0.1) is 6.92 Å². The number of hydrogen-bond donors (Lipinski definition) is 3. The molecule has 1 fully saturated rings. The highest BCUT2D eigenvalue weighted by molar-refractivity contribution is 7.80. The molecule has 2 heterocycles. The molecule has 11 heteroatoms. The largest absolute Gasteiger partial charge is 0.493 e. The molecule has 0 atom stereocenters. The summed E-state index contributed by atoms with van der Waals surface area (Å²) < 4.78 is 11.1. The standard InChI is InChI=1S/C25H27N5O4S2/c1-17-21(36-25(26-17)30-12-15-33-16-13-30)23(32)28-29-24(35)27-22(31)19-7-9-20(10-8-19)34-14-11-18-5-3-2-4-6-18/h2-10H,11-16H2,1H3,(H,28,32)(H2,27,29,31,35). The third-order valence-electron chi connectivity index (χ3n) is 5.41. The van der Waals surface area contributed by atoms with Crippen molar-refractivity contribution in [3.63, 3.8) is 0 Å². The summed E-state index contributed by atoms with van der Waals surface area (Å²) >= 11 is 6.46. The maximum atomic E-state index is 12.6. The zero-order valence-corrected chi connectivity index (χ0v) is 21.4. The highest BCUT2D eigenvalue weighted by atomic mass is 32.1. The first-order chi connectivity index (χ1) is 17.5. The van der Waals surface area contributed by atoms with E-state index in [2.05, 4.69) is 38.2 Å². The van der Waals surface area contributed by atoms with Crippen LogP contribution in [0.1, 0.15) is 31.3 Å². The van der Waals surface area contributed by atoms with Crippen LogP contribution in [0.25, 0.3) is 0 Å². The van der Waals surface area contributed by atoms with Gasteiger partial charge < -0.3 is 14.4 Å². The predicted octanol–water partition coefficient (Wildman–Crippen LogP) is 2.86. The van der Waals surface area contributed by atoms with Gasteiger partial charge in [-0.05, 0) is 49.0 Å². The van der Waals surface area contributed by atoms with Gasteiger partial charge in [0.15, 0.2) is 10.2 Å². The maximum Gasteiger partial charge on any atom is 0.281 e. The molecule has 2 amide bonds. The van der Waals surface area contributed by atoms with Crippen LogP contribution in [-0.4, -0.2) is 54.8 Å². The number of aryl methyl sites for hydroxylation is 1. The number of amides is 2. The van der Waals surface area contributed by atoms with Gasteiger partial charge in [0.25, 0.3) is 11.8 Å². The number of aromatic nitrogens is 1. The van der Waals surface area contributed by atoms with Gasteiger partial charge in [0.05, 0.1) is 25.5 Å². The van der Waals surface area contributed by atoms with Crippen molar-refractivity contribution >= 4 is 45.6 Å². The van der Waals surface area contributed by atoms with Gasteiger partial charge in [-0.2, -0.15) is 0 Å². The van der Waals surface area contributed by atoms with E-state index in [9.17, 15) is 9.59 Å². The molecule has 4 rings (SSSR count). The lowest BCUT2D eigenvalue weighted by atomic mass is 10.2. The average Bonchev–Trinajstić information content (AvgIpc) is 3.30. The quantitative estimate of drug-likeness (QED) is 0.320. The van der Waals surface area contributed by atoms with E-state index in [4.69, 9.17) is 21.7 Å². The van der Waals surface area contributed by atoms with Crippen LogP contribution in [0.4, 0.5) is 5.13 Å². The Balaban J connectivity index is 1.21. The van der Waals surface area contributed by atoms with E-state index in [0.717, 1.165) is 24.6 Å². The maximum absolute atomic E-state index is 12.6. The van der Waals surface area contributed by atoms with Crippen LogP contribution < -0.4 is 25.8 Å². The van der Waals surface area contributed by atoms with Gasteiger partial charge >= 0.3 is 0 Å². The molecule has 0 spiro atoms. The number of rotatable bonds is 7. The molecule has 1 aromatic heterocycles. The van der Waals surface area contributed by atoms with E-state index in [-0.39, 0.29) is 11.0 Å². The third-order valence-corrected chi connectivity index (χ3v) is 6.83. The van der Waals surface area contributed by atoms with Gasteiger partial charge in [0, 0.05) is 25.1 Å². The number of nitrogens with zero attached hydrogens (tertiary/aromatic N) is 2. The molecule has 0 bridgehead atoms. The highest BCUT2D eigenvalue weighted by Crippen LogP contribution is 2.26. The first-order valence-corrected chi connectivity index (χ1v) is 12.7. The van der Waals surface area contributed by atoms with Gasteiger partial charge in [-0.3, -0.25) is 25.8 Å². The summed E-state index contributed by atoms with van der Waals surface area (Å²) in [7, 11) is 0. The molecule has 3 aromatic rings. The molecule has 188 valence electrons. The minimum atomic E-state index is -0.402. The zero-order valence-electron chi connectivity index (χ0n) is 19.8. The smallest absolute Gasteiger partial charge is 0.281 e. The molecule has 36 heavy (non-hydrogen) atoms. The monoisotopic (exact) mass is 525 g/mol. The Morgan fingerprint density at radius 3 is 2.50 bits per heavy atom. The number of nitrogens with one attached hydrogen (secondary N) is 3. The molecule has 0 saturated carbocycles. The molecule has 3 N–H and O–H groups in total. The van der Waals surface area contributed by atoms with Crippen LogP contribution in [0.15, 0.2) is 54.6 Å². The SMILES string of the molecule is Cc1nc(N2CCOCC2)sc1C(=O)NNC(=S)NC(=O)c1ccc(OCCc2ccccc2)cc1. The van der Waals surface area contributed by atoms with Crippen molar-refractivity contribution in [2.24, 2.45) is 0 Å². The Bertz CT molecular complexity index is 1190. The van der Waals surface area contributed by atoms with E-state index in [1.165, 1.54) is 16.9 Å². The van der Waals surface area contributed by atoms with Crippen LogP contribution in [-0.2, 0) is 11.2 Å². The average molecular weight is 526 g/mol. The third kappa shape index (κ3) is 7.00. The van der Waals surface area contributed by atoms with Crippen LogP contribution >= 0.6 is 23.6 Å². The van der Waals surface area contributed by atoms with Crippen molar-refractivity contribution in [3.8, 4) is 5.75 Å². The van der Waals surface area contributed by atoms with E-state index >= 15 is 0 Å². The molecular weight excluding hydrogens is 498 g/mol. The Labute approximate surface area is 218 Å². The van der Waals surface area contributed by atoms with E-state index < -0.39 is 5.91 Å². The first-order valence-electron chi connectivity index (χ1n) is 11.5. The van der Waals surface area contributed by atoms with Gasteiger partial charge in [-0.25, -0.2) is 4.98 Å². The number of thiocarbonyl (C=S) groups is 1.